The van der Waals surface area contributed by atoms with Crippen molar-refractivity contribution in [2.45, 2.75) is 32.1 Å². The van der Waals surface area contributed by atoms with E-state index in [0.717, 1.165) is 0 Å². The lowest BCUT2D eigenvalue weighted by molar-refractivity contribution is 0.315. The SMILES string of the molecule is CCS(=O)(=O)CCCOc1cc(C)c(S(=O)(=O)Cl)cc1C. The summed E-state index contributed by atoms with van der Waals surface area (Å²) in [6.07, 6.45) is 0.393. The summed E-state index contributed by atoms with van der Waals surface area (Å²) >= 11 is 0. The molecule has 0 amide bonds. The molecule has 0 unspecified atom stereocenters. The fraction of sp³-hybridized carbons (Fsp3) is 0.538. The quantitative estimate of drug-likeness (QED) is 0.555. The van der Waals surface area contributed by atoms with Crippen molar-refractivity contribution >= 4 is 29.6 Å². The molecule has 8 heteroatoms. The Balaban J connectivity index is 2.76. The molecule has 0 aliphatic heterocycles. The molecule has 0 radical (unpaired) electrons. The van der Waals surface area contributed by atoms with Gasteiger partial charge in [-0.05, 0) is 43.5 Å². The van der Waals surface area contributed by atoms with E-state index in [9.17, 15) is 16.8 Å². The van der Waals surface area contributed by atoms with Crippen LogP contribution < -0.4 is 4.74 Å². The zero-order valence-corrected chi connectivity index (χ0v) is 14.6. The minimum atomic E-state index is -3.78. The van der Waals surface area contributed by atoms with Gasteiger partial charge in [-0.15, -0.1) is 0 Å². The molecule has 0 saturated heterocycles. The Bertz CT molecular complexity index is 708. The highest BCUT2D eigenvalue weighted by Gasteiger charge is 2.16. The number of benzene rings is 1. The van der Waals surface area contributed by atoms with E-state index in [1.54, 1.807) is 26.8 Å². The number of sulfone groups is 1. The van der Waals surface area contributed by atoms with Crippen molar-refractivity contribution in [1.29, 1.82) is 0 Å². The summed E-state index contributed by atoms with van der Waals surface area (Å²) in [6.45, 7) is 5.20. The summed E-state index contributed by atoms with van der Waals surface area (Å²) in [5, 5.41) is 0. The number of rotatable bonds is 7. The Morgan fingerprint density at radius 2 is 1.71 bits per heavy atom. The normalized spacial score (nSPS) is 12.4. The number of halogens is 1. The standard InChI is InChI=1S/C13H19ClO5S2/c1-4-20(15,16)7-5-6-19-12-8-11(3)13(9-10(12)2)21(14,17)18/h8-9H,4-7H2,1-3H3. The molecule has 0 heterocycles. The lowest BCUT2D eigenvalue weighted by Gasteiger charge is -2.12. The van der Waals surface area contributed by atoms with Crippen molar-refractivity contribution in [3.63, 3.8) is 0 Å². The van der Waals surface area contributed by atoms with E-state index >= 15 is 0 Å². The molecule has 1 aromatic rings. The van der Waals surface area contributed by atoms with E-state index in [-0.39, 0.29) is 23.0 Å². The van der Waals surface area contributed by atoms with Crippen LogP contribution in [0.5, 0.6) is 5.75 Å². The maximum Gasteiger partial charge on any atom is 0.261 e. The molecule has 0 aromatic heterocycles. The van der Waals surface area contributed by atoms with Crippen LogP contribution in [0.2, 0.25) is 0 Å². The Labute approximate surface area is 130 Å². The van der Waals surface area contributed by atoms with Gasteiger partial charge in [0.05, 0.1) is 17.3 Å². The van der Waals surface area contributed by atoms with Crippen LogP contribution >= 0.6 is 10.7 Å². The molecule has 0 aliphatic carbocycles. The number of hydrogen-bond acceptors (Lipinski definition) is 5. The molecular weight excluding hydrogens is 336 g/mol. The van der Waals surface area contributed by atoms with Crippen LogP contribution in [0.1, 0.15) is 24.5 Å². The molecular formula is C13H19ClO5S2. The molecule has 5 nitrogen and oxygen atoms in total. The highest BCUT2D eigenvalue weighted by atomic mass is 35.7. The van der Waals surface area contributed by atoms with Gasteiger partial charge in [0, 0.05) is 16.4 Å². The number of aryl methyl sites for hydroxylation is 2. The summed E-state index contributed by atoms with van der Waals surface area (Å²) in [6, 6.07) is 3.05. The number of ether oxygens (including phenoxy) is 1. The second-order valence-electron chi connectivity index (χ2n) is 4.76. The minimum Gasteiger partial charge on any atom is -0.493 e. The fourth-order valence-electron chi connectivity index (χ4n) is 1.79. The van der Waals surface area contributed by atoms with Crippen LogP contribution in [0.25, 0.3) is 0 Å². The van der Waals surface area contributed by atoms with Crippen LogP contribution in [0.3, 0.4) is 0 Å². The highest BCUT2D eigenvalue weighted by Crippen LogP contribution is 2.27. The molecule has 120 valence electrons. The Hall–Kier alpha value is -0.790. The van der Waals surface area contributed by atoms with E-state index in [1.807, 2.05) is 0 Å². The van der Waals surface area contributed by atoms with Gasteiger partial charge in [0.25, 0.3) is 9.05 Å². The van der Waals surface area contributed by atoms with Gasteiger partial charge in [0.15, 0.2) is 0 Å². The maximum atomic E-state index is 11.4. The van der Waals surface area contributed by atoms with Gasteiger partial charge in [-0.3, -0.25) is 0 Å². The summed E-state index contributed by atoms with van der Waals surface area (Å²) in [5.74, 6) is 0.730. The summed E-state index contributed by atoms with van der Waals surface area (Å²) in [7, 11) is -1.43. The molecule has 0 atom stereocenters. The van der Waals surface area contributed by atoms with Gasteiger partial charge in [-0.25, -0.2) is 16.8 Å². The van der Waals surface area contributed by atoms with Gasteiger partial charge in [-0.1, -0.05) is 6.92 Å². The lowest BCUT2D eigenvalue weighted by Crippen LogP contribution is -2.12. The second-order valence-corrected chi connectivity index (χ2v) is 9.77. The molecule has 0 N–H and O–H groups in total. The molecule has 0 saturated carbocycles. The molecule has 0 bridgehead atoms. The molecule has 1 rings (SSSR count). The van der Waals surface area contributed by atoms with Crippen molar-refractivity contribution in [3.8, 4) is 5.75 Å². The molecule has 0 aliphatic rings. The third-order valence-electron chi connectivity index (χ3n) is 3.03. The average Bonchev–Trinajstić information content (AvgIpc) is 2.36. The zero-order valence-electron chi connectivity index (χ0n) is 12.2. The third-order valence-corrected chi connectivity index (χ3v) is 6.29. The Morgan fingerprint density at radius 1 is 1.10 bits per heavy atom. The van der Waals surface area contributed by atoms with E-state index in [1.165, 1.54) is 6.07 Å². The Morgan fingerprint density at radius 3 is 2.24 bits per heavy atom. The topological polar surface area (TPSA) is 77.5 Å². The van der Waals surface area contributed by atoms with E-state index in [0.29, 0.717) is 23.3 Å². The van der Waals surface area contributed by atoms with Crippen LogP contribution in [-0.2, 0) is 18.9 Å². The predicted octanol–water partition coefficient (Wildman–Crippen LogP) is 2.43. The maximum absolute atomic E-state index is 11.4. The summed E-state index contributed by atoms with van der Waals surface area (Å²) in [5.41, 5.74) is 1.13. The number of hydrogen-bond donors (Lipinski definition) is 0. The van der Waals surface area contributed by atoms with Gasteiger partial charge in [-0.2, -0.15) is 0 Å². The van der Waals surface area contributed by atoms with Gasteiger partial charge >= 0.3 is 0 Å². The van der Waals surface area contributed by atoms with Gasteiger partial charge in [0.2, 0.25) is 0 Å². The molecule has 0 spiro atoms. The lowest BCUT2D eigenvalue weighted by atomic mass is 10.1. The van der Waals surface area contributed by atoms with E-state index in [4.69, 9.17) is 15.4 Å². The highest BCUT2D eigenvalue weighted by molar-refractivity contribution is 8.13. The minimum absolute atomic E-state index is 0.0579. The van der Waals surface area contributed by atoms with E-state index in [2.05, 4.69) is 0 Å². The van der Waals surface area contributed by atoms with Crippen molar-refractivity contribution in [2.75, 3.05) is 18.1 Å². The molecule has 0 fully saturated rings. The van der Waals surface area contributed by atoms with Crippen molar-refractivity contribution < 1.29 is 21.6 Å². The van der Waals surface area contributed by atoms with Crippen LogP contribution in [0, 0.1) is 13.8 Å². The average molecular weight is 355 g/mol. The predicted molar refractivity (Wildman–Crippen MR) is 83.4 cm³/mol. The van der Waals surface area contributed by atoms with Gasteiger partial charge < -0.3 is 4.74 Å². The monoisotopic (exact) mass is 354 g/mol. The zero-order chi connectivity index (χ0) is 16.3. The van der Waals surface area contributed by atoms with Crippen LogP contribution in [-0.4, -0.2) is 34.9 Å². The third kappa shape index (κ3) is 5.48. The van der Waals surface area contributed by atoms with Gasteiger partial charge in [0.1, 0.15) is 15.6 Å². The van der Waals surface area contributed by atoms with Crippen molar-refractivity contribution in [1.82, 2.24) is 0 Å². The first-order valence-corrected chi connectivity index (χ1v) is 10.6. The first-order chi connectivity index (χ1) is 9.57. The first-order valence-electron chi connectivity index (χ1n) is 6.46. The van der Waals surface area contributed by atoms with E-state index < -0.39 is 18.9 Å². The molecule has 1 aromatic carbocycles. The van der Waals surface area contributed by atoms with Crippen LogP contribution in [0.4, 0.5) is 0 Å². The first kappa shape index (κ1) is 18.3. The summed E-state index contributed by atoms with van der Waals surface area (Å²) < 4.78 is 51.0. The molecule has 21 heavy (non-hydrogen) atoms. The van der Waals surface area contributed by atoms with Crippen molar-refractivity contribution in [2.24, 2.45) is 0 Å². The Kier molecular flexibility index (Phi) is 6.07. The smallest absolute Gasteiger partial charge is 0.261 e. The summed E-state index contributed by atoms with van der Waals surface area (Å²) in [4.78, 5) is 0.0579. The van der Waals surface area contributed by atoms with Crippen molar-refractivity contribution in [3.05, 3.63) is 23.3 Å². The second kappa shape index (κ2) is 6.98. The largest absolute Gasteiger partial charge is 0.493 e. The fourth-order valence-corrected chi connectivity index (χ4v) is 3.89. The van der Waals surface area contributed by atoms with Crippen LogP contribution in [0.15, 0.2) is 17.0 Å².